The van der Waals surface area contributed by atoms with Crippen molar-refractivity contribution >= 4 is 11.8 Å². The highest BCUT2D eigenvalue weighted by molar-refractivity contribution is 5.84. The van der Waals surface area contributed by atoms with Gasteiger partial charge in [-0.15, -0.1) is 0 Å². The first-order valence-electron chi connectivity index (χ1n) is 6.35. The van der Waals surface area contributed by atoms with E-state index in [0.29, 0.717) is 12.2 Å². The Morgan fingerprint density at radius 2 is 1.95 bits per heavy atom. The maximum atomic E-state index is 11.7. The molecule has 0 aliphatic heterocycles. The Bertz CT molecular complexity index is 446. The predicted molar refractivity (Wildman–Crippen MR) is 72.5 cm³/mol. The van der Waals surface area contributed by atoms with E-state index in [1.807, 2.05) is 32.0 Å². The molecule has 1 atom stereocenters. The fraction of sp³-hybridized carbons (Fsp3) is 0.429. The van der Waals surface area contributed by atoms with Crippen molar-refractivity contribution in [2.45, 2.75) is 39.7 Å². The zero-order valence-electron chi connectivity index (χ0n) is 11.5. The highest BCUT2D eigenvalue weighted by Crippen LogP contribution is 2.17. The molecule has 5 nitrogen and oxygen atoms in total. The van der Waals surface area contributed by atoms with E-state index in [0.717, 1.165) is 12.0 Å². The van der Waals surface area contributed by atoms with Crippen LogP contribution in [0.3, 0.4) is 0 Å². The van der Waals surface area contributed by atoms with Gasteiger partial charge in [0.2, 0.25) is 5.91 Å². The minimum atomic E-state index is -0.678. The normalized spacial score (nSPS) is 11.5. The molecule has 1 aromatic carbocycles. The van der Waals surface area contributed by atoms with Crippen molar-refractivity contribution in [3.8, 4) is 5.75 Å². The second kappa shape index (κ2) is 7.41. The molecule has 0 saturated heterocycles. The highest BCUT2D eigenvalue weighted by atomic mass is 16.5. The number of hydrogen-bond donors (Lipinski definition) is 2. The molecule has 19 heavy (non-hydrogen) atoms. The van der Waals surface area contributed by atoms with Crippen molar-refractivity contribution in [3.05, 3.63) is 29.8 Å². The summed E-state index contributed by atoms with van der Waals surface area (Å²) in [5.41, 5.74) is 5.65. The number of para-hydroxylation sites is 1. The van der Waals surface area contributed by atoms with Crippen LogP contribution in [0.4, 0.5) is 0 Å². The number of carbonyl (C=O) groups is 2. The molecule has 0 radical (unpaired) electrons. The van der Waals surface area contributed by atoms with Crippen LogP contribution in [0.25, 0.3) is 0 Å². The average Bonchev–Trinajstić information content (AvgIpc) is 2.39. The summed E-state index contributed by atoms with van der Waals surface area (Å²) < 4.78 is 5.54. The maximum absolute atomic E-state index is 11.7. The number of nitrogens with one attached hydrogen (secondary N) is 2. The quantitative estimate of drug-likeness (QED) is 0.796. The molecule has 1 rings (SSSR count). The molecule has 1 aromatic rings. The van der Waals surface area contributed by atoms with Gasteiger partial charge in [0.1, 0.15) is 5.75 Å². The van der Waals surface area contributed by atoms with Crippen molar-refractivity contribution in [3.63, 3.8) is 0 Å². The van der Waals surface area contributed by atoms with E-state index in [2.05, 4.69) is 10.9 Å². The molecule has 104 valence electrons. The number of ether oxygens (including phenoxy) is 1. The number of hydrogen-bond acceptors (Lipinski definition) is 3. The van der Waals surface area contributed by atoms with Crippen LogP contribution >= 0.6 is 0 Å². The number of benzene rings is 1. The second-order valence-electron chi connectivity index (χ2n) is 4.31. The van der Waals surface area contributed by atoms with Gasteiger partial charge in [-0.05, 0) is 31.9 Å². The van der Waals surface area contributed by atoms with Gasteiger partial charge < -0.3 is 4.74 Å². The van der Waals surface area contributed by atoms with Gasteiger partial charge in [0.15, 0.2) is 6.10 Å². The summed E-state index contributed by atoms with van der Waals surface area (Å²) in [7, 11) is 0. The van der Waals surface area contributed by atoms with Gasteiger partial charge in [0, 0.05) is 6.42 Å². The minimum absolute atomic E-state index is 0.209. The monoisotopic (exact) mass is 264 g/mol. The maximum Gasteiger partial charge on any atom is 0.279 e. The fourth-order valence-corrected chi connectivity index (χ4v) is 1.46. The van der Waals surface area contributed by atoms with E-state index in [9.17, 15) is 9.59 Å². The van der Waals surface area contributed by atoms with Gasteiger partial charge in [0.25, 0.3) is 5.91 Å². The molecule has 2 amide bonds. The van der Waals surface area contributed by atoms with E-state index in [1.54, 1.807) is 13.0 Å². The molecule has 0 aliphatic carbocycles. The first-order chi connectivity index (χ1) is 9.04. The van der Waals surface area contributed by atoms with Crippen LogP contribution in [-0.4, -0.2) is 17.9 Å². The summed E-state index contributed by atoms with van der Waals surface area (Å²) in [6, 6.07) is 7.45. The number of amides is 2. The van der Waals surface area contributed by atoms with Crippen molar-refractivity contribution < 1.29 is 14.3 Å². The van der Waals surface area contributed by atoms with E-state index >= 15 is 0 Å². The Labute approximate surface area is 113 Å². The van der Waals surface area contributed by atoms with Crippen molar-refractivity contribution in [1.82, 2.24) is 10.9 Å². The van der Waals surface area contributed by atoms with Gasteiger partial charge in [-0.2, -0.15) is 0 Å². The molecule has 0 aromatic heterocycles. The highest BCUT2D eigenvalue weighted by Gasteiger charge is 2.15. The molecule has 2 N–H and O–H groups in total. The van der Waals surface area contributed by atoms with Crippen molar-refractivity contribution in [2.75, 3.05) is 0 Å². The van der Waals surface area contributed by atoms with Crippen molar-refractivity contribution in [1.29, 1.82) is 0 Å². The fourth-order valence-electron chi connectivity index (χ4n) is 1.46. The minimum Gasteiger partial charge on any atom is -0.481 e. The summed E-state index contributed by atoms with van der Waals surface area (Å²) in [4.78, 5) is 22.9. The lowest BCUT2D eigenvalue weighted by atomic mass is 10.2. The third kappa shape index (κ3) is 4.99. The van der Waals surface area contributed by atoms with Crippen molar-refractivity contribution in [2.24, 2.45) is 0 Å². The Morgan fingerprint density at radius 3 is 2.58 bits per heavy atom. The lowest BCUT2D eigenvalue weighted by Gasteiger charge is -2.16. The standard InChI is InChI=1S/C14H20N2O3/c1-4-7-13(17)15-16-14(18)11(3)19-12-9-6-5-8-10(12)2/h5-6,8-9,11H,4,7H2,1-3H3,(H,15,17)(H,16,18). The summed E-state index contributed by atoms with van der Waals surface area (Å²) in [6.07, 6.45) is 0.438. The van der Waals surface area contributed by atoms with Crippen LogP contribution < -0.4 is 15.6 Å². The number of hydrazine groups is 1. The molecule has 5 heteroatoms. The van der Waals surface area contributed by atoms with Gasteiger partial charge in [0.05, 0.1) is 0 Å². The Kier molecular flexibility index (Phi) is 5.85. The topological polar surface area (TPSA) is 67.4 Å². The SMILES string of the molecule is CCCC(=O)NNC(=O)C(C)Oc1ccccc1C. The largest absolute Gasteiger partial charge is 0.481 e. The average molecular weight is 264 g/mol. The second-order valence-corrected chi connectivity index (χ2v) is 4.31. The Hall–Kier alpha value is -2.04. The Balaban J connectivity index is 2.45. The van der Waals surface area contributed by atoms with Gasteiger partial charge in [-0.25, -0.2) is 0 Å². The molecule has 0 bridgehead atoms. The lowest BCUT2D eigenvalue weighted by Crippen LogP contribution is -2.47. The summed E-state index contributed by atoms with van der Waals surface area (Å²) in [6.45, 7) is 5.43. The zero-order valence-corrected chi connectivity index (χ0v) is 11.5. The first kappa shape index (κ1) is 15.0. The molecular formula is C14H20N2O3. The third-order valence-corrected chi connectivity index (χ3v) is 2.57. The van der Waals surface area contributed by atoms with Crippen LogP contribution in [0.15, 0.2) is 24.3 Å². The molecule has 0 saturated carbocycles. The Morgan fingerprint density at radius 1 is 1.26 bits per heavy atom. The third-order valence-electron chi connectivity index (χ3n) is 2.57. The summed E-state index contributed by atoms with van der Waals surface area (Å²) in [5, 5.41) is 0. The lowest BCUT2D eigenvalue weighted by molar-refractivity contribution is -0.132. The molecule has 0 heterocycles. The van der Waals surface area contributed by atoms with Crippen LogP contribution in [0.2, 0.25) is 0 Å². The smallest absolute Gasteiger partial charge is 0.279 e. The molecule has 0 aliphatic rings. The van der Waals surface area contributed by atoms with E-state index in [4.69, 9.17) is 4.74 Å². The molecule has 0 fully saturated rings. The zero-order chi connectivity index (χ0) is 14.3. The van der Waals surface area contributed by atoms with Crippen LogP contribution in [0.1, 0.15) is 32.3 Å². The molecular weight excluding hydrogens is 244 g/mol. The van der Waals surface area contributed by atoms with Gasteiger partial charge in [-0.1, -0.05) is 25.1 Å². The van der Waals surface area contributed by atoms with E-state index < -0.39 is 6.10 Å². The molecule has 1 unspecified atom stereocenters. The number of rotatable bonds is 5. The predicted octanol–water partition coefficient (Wildman–Crippen LogP) is 1.71. The number of aryl methyl sites for hydroxylation is 1. The summed E-state index contributed by atoms with van der Waals surface area (Å²) >= 11 is 0. The van der Waals surface area contributed by atoms with E-state index in [-0.39, 0.29) is 11.8 Å². The van der Waals surface area contributed by atoms with Crippen LogP contribution in [0.5, 0.6) is 5.75 Å². The van der Waals surface area contributed by atoms with Gasteiger partial charge in [-0.3, -0.25) is 20.4 Å². The van der Waals surface area contributed by atoms with Gasteiger partial charge >= 0.3 is 0 Å². The number of carbonyl (C=O) groups excluding carboxylic acids is 2. The van der Waals surface area contributed by atoms with E-state index in [1.165, 1.54) is 0 Å². The first-order valence-corrected chi connectivity index (χ1v) is 6.35. The summed E-state index contributed by atoms with van der Waals surface area (Å²) in [5.74, 6) is 0.0664. The van der Waals surface area contributed by atoms with Crippen LogP contribution in [0, 0.1) is 6.92 Å². The van der Waals surface area contributed by atoms with Crippen LogP contribution in [-0.2, 0) is 9.59 Å². The molecule has 0 spiro atoms.